The van der Waals surface area contributed by atoms with Gasteiger partial charge >= 0.3 is 0 Å². The van der Waals surface area contributed by atoms with Gasteiger partial charge in [-0.2, -0.15) is 0 Å². The lowest BCUT2D eigenvalue weighted by atomic mass is 11.8. The van der Waals surface area contributed by atoms with Crippen molar-refractivity contribution in [1.29, 1.82) is 0 Å². The Morgan fingerprint density at radius 3 is 1.71 bits per heavy atom. The highest BCUT2D eigenvalue weighted by Crippen LogP contribution is 2.42. The van der Waals surface area contributed by atoms with Crippen LogP contribution in [0, 0.1) is 0 Å². The van der Waals surface area contributed by atoms with Crippen LogP contribution in [0.5, 0.6) is 0 Å². The molecule has 0 aromatic carbocycles. The quantitative estimate of drug-likeness (QED) is 0.420. The maximum Gasteiger partial charge on any atom is 0.0401 e. The van der Waals surface area contributed by atoms with Crippen molar-refractivity contribution in [1.82, 2.24) is 0 Å². The maximum atomic E-state index is 4.70. The third kappa shape index (κ3) is 3.18. The summed E-state index contributed by atoms with van der Waals surface area (Å²) in [5, 5.41) is 0. The fourth-order valence-corrected chi connectivity index (χ4v) is 0.224. The highest BCUT2D eigenvalue weighted by atomic mass is 32.7. The van der Waals surface area contributed by atoms with E-state index in [9.17, 15) is 0 Å². The summed E-state index contributed by atoms with van der Waals surface area (Å²) in [5.41, 5.74) is 0. The van der Waals surface area contributed by atoms with Crippen LogP contribution in [-0.2, 0) is 21.3 Å². The Bertz CT molecular complexity index is 84.9. The summed E-state index contributed by atoms with van der Waals surface area (Å²) >= 11 is 4.70. The van der Waals surface area contributed by atoms with Crippen molar-refractivity contribution in [2.24, 2.45) is 0 Å². The van der Waals surface area contributed by atoms with Crippen LogP contribution >= 0.6 is 6.54 Å². The summed E-state index contributed by atoms with van der Waals surface area (Å²) in [4.78, 5) is 0. The van der Waals surface area contributed by atoms with Gasteiger partial charge in [0.05, 0.1) is 0 Å². The first-order chi connectivity index (χ1) is 3.12. The molecule has 0 aliphatic rings. The predicted molar refractivity (Wildman–Crippen MR) is 35.4 cm³/mol. The summed E-state index contributed by atoms with van der Waals surface area (Å²) in [6.07, 6.45) is 3.49. The van der Waals surface area contributed by atoms with Gasteiger partial charge in [-0.05, 0) is 6.54 Å². The average molecular weight is 139 g/mol. The Morgan fingerprint density at radius 2 is 1.71 bits per heavy atom. The van der Waals surface area contributed by atoms with Gasteiger partial charge in [0.25, 0.3) is 0 Å². The van der Waals surface area contributed by atoms with Crippen molar-refractivity contribution in [3.8, 4) is 0 Å². The lowest BCUT2D eigenvalue weighted by molar-refractivity contribution is 0.353. The Balaban J connectivity index is 3.61. The van der Waals surface area contributed by atoms with Crippen LogP contribution in [0.3, 0.4) is 0 Å². The molecule has 0 radical (unpaired) electrons. The molecule has 0 aromatic rings. The Labute approximate surface area is 49.1 Å². The second-order valence-electron chi connectivity index (χ2n) is 0.976. The Morgan fingerprint density at radius 1 is 1.43 bits per heavy atom. The molecular weight excluding hydrogens is 131 g/mol. The van der Waals surface area contributed by atoms with Gasteiger partial charge in [0.1, 0.15) is 0 Å². The van der Waals surface area contributed by atoms with E-state index in [-0.39, 0.29) is 0 Å². The van der Waals surface area contributed by atoms with Gasteiger partial charge in [0.15, 0.2) is 0 Å². The molecule has 0 aliphatic heterocycles. The maximum absolute atomic E-state index is 4.70. The molecule has 0 unspecified atom stereocenters. The highest BCUT2D eigenvalue weighted by Gasteiger charge is 1.85. The van der Waals surface area contributed by atoms with Crippen LogP contribution in [0.2, 0.25) is 0 Å². The first kappa shape index (κ1) is 7.57. The predicted octanol–water partition coefficient (Wildman–Crippen LogP) is 1.02. The molecule has 0 atom stereocenters. The summed E-state index contributed by atoms with van der Waals surface area (Å²) in [6, 6.07) is 0. The minimum absolute atomic E-state index is 1.50. The standard InChI is InChI=1S/C3H8O2PS/c1-4-6(3,7)5-2/h3H2,1-2H3/q-1. The number of hydrogen-bond donors (Lipinski definition) is 0. The number of rotatable bonds is 2. The van der Waals surface area contributed by atoms with E-state index >= 15 is 0 Å². The summed E-state index contributed by atoms with van der Waals surface area (Å²) in [5.74, 6) is 0. The van der Waals surface area contributed by atoms with Crippen molar-refractivity contribution < 1.29 is 9.05 Å². The minimum Gasteiger partial charge on any atom is -0.703 e. The van der Waals surface area contributed by atoms with Gasteiger partial charge in [0.2, 0.25) is 0 Å². The molecule has 0 saturated carbocycles. The van der Waals surface area contributed by atoms with E-state index in [1.807, 2.05) is 0 Å². The van der Waals surface area contributed by atoms with Gasteiger partial charge in [-0.25, -0.2) is 0 Å². The van der Waals surface area contributed by atoms with Crippen molar-refractivity contribution in [3.05, 3.63) is 0 Å². The summed E-state index contributed by atoms with van der Waals surface area (Å²) in [6.45, 7) is -2.07. The molecule has 0 aliphatic carbocycles. The molecule has 0 bridgehead atoms. The first-order valence-corrected chi connectivity index (χ1v) is 4.50. The minimum atomic E-state index is -2.07. The van der Waals surface area contributed by atoms with E-state index < -0.39 is 6.54 Å². The van der Waals surface area contributed by atoms with Crippen molar-refractivity contribution in [3.63, 3.8) is 0 Å². The van der Waals surface area contributed by atoms with Gasteiger partial charge < -0.3 is 21.3 Å². The van der Waals surface area contributed by atoms with Crippen LogP contribution in [-0.4, -0.2) is 20.5 Å². The van der Waals surface area contributed by atoms with Gasteiger partial charge in [-0.15, -0.1) is 0 Å². The zero-order valence-corrected chi connectivity index (χ0v) is 6.09. The molecule has 2 nitrogen and oxygen atoms in total. The molecule has 7 heavy (non-hydrogen) atoms. The second kappa shape index (κ2) is 2.78. The molecule has 0 heterocycles. The monoisotopic (exact) mass is 139 g/mol. The zero-order valence-electron chi connectivity index (χ0n) is 4.38. The van der Waals surface area contributed by atoms with E-state index in [0.717, 1.165) is 0 Å². The zero-order chi connectivity index (χ0) is 5.91. The first-order valence-electron chi connectivity index (χ1n) is 1.68. The van der Waals surface area contributed by atoms with Crippen molar-refractivity contribution >= 4 is 25.1 Å². The largest absolute Gasteiger partial charge is 0.703 e. The molecule has 0 fully saturated rings. The van der Waals surface area contributed by atoms with Crippen LogP contribution in [0.4, 0.5) is 0 Å². The molecule has 4 heteroatoms. The SMILES string of the molecule is C=P([S-])(OC)OC. The van der Waals surface area contributed by atoms with Gasteiger partial charge in [0, 0.05) is 14.2 Å². The lowest BCUT2D eigenvalue weighted by Gasteiger charge is -2.25. The fourth-order valence-electron chi connectivity index (χ4n) is 0.0745. The average Bonchev–Trinajstić information content (AvgIpc) is 1.68. The molecular formula is C3H8O2PS-. The third-order valence-electron chi connectivity index (χ3n) is 0.556. The third-order valence-corrected chi connectivity index (χ3v) is 2.56. The van der Waals surface area contributed by atoms with E-state index in [2.05, 4.69) is 15.3 Å². The van der Waals surface area contributed by atoms with E-state index in [1.54, 1.807) is 0 Å². The van der Waals surface area contributed by atoms with Gasteiger partial charge in [-0.1, -0.05) is 6.30 Å². The molecule has 44 valence electrons. The second-order valence-corrected chi connectivity index (χ2v) is 4.60. The van der Waals surface area contributed by atoms with Crippen LogP contribution in [0.25, 0.3) is 0 Å². The normalized spacial score (nSPS) is 11.9. The van der Waals surface area contributed by atoms with Crippen LogP contribution < -0.4 is 0 Å². The molecule has 0 saturated heterocycles. The smallest absolute Gasteiger partial charge is 0.0401 e. The molecule has 0 amide bonds. The van der Waals surface area contributed by atoms with E-state index in [0.29, 0.717) is 0 Å². The van der Waals surface area contributed by atoms with E-state index in [4.69, 9.17) is 12.2 Å². The molecule has 0 aromatic heterocycles. The highest BCUT2D eigenvalue weighted by molar-refractivity contribution is 8.36. The fraction of sp³-hybridized carbons (Fsp3) is 0.667. The number of hydrogen-bond acceptors (Lipinski definition) is 3. The van der Waals surface area contributed by atoms with Crippen molar-refractivity contribution in [2.45, 2.75) is 0 Å². The summed E-state index contributed by atoms with van der Waals surface area (Å²) < 4.78 is 9.36. The molecule has 0 spiro atoms. The Hall–Kier alpha value is 0.570. The van der Waals surface area contributed by atoms with Crippen LogP contribution in [0.1, 0.15) is 0 Å². The summed E-state index contributed by atoms with van der Waals surface area (Å²) in [7, 11) is 2.99. The lowest BCUT2D eigenvalue weighted by Crippen LogP contribution is -1.81. The van der Waals surface area contributed by atoms with Crippen molar-refractivity contribution in [2.75, 3.05) is 14.2 Å². The van der Waals surface area contributed by atoms with E-state index in [1.165, 1.54) is 14.2 Å². The molecule has 0 N–H and O–H groups in total. The van der Waals surface area contributed by atoms with Crippen LogP contribution in [0.15, 0.2) is 0 Å². The van der Waals surface area contributed by atoms with Gasteiger partial charge in [-0.3, -0.25) is 0 Å². The molecule has 0 rings (SSSR count). The Kier molecular flexibility index (Phi) is 3.00. The topological polar surface area (TPSA) is 18.5 Å².